The maximum Gasteiger partial charge on any atom is 0.264 e. The molecule has 30 heavy (non-hydrogen) atoms. The van der Waals surface area contributed by atoms with Crippen molar-refractivity contribution in [2.45, 2.75) is 33.2 Å². The molecule has 0 aromatic carbocycles. The molecular formula is C23H25N5O2. The third kappa shape index (κ3) is 4.30. The summed E-state index contributed by atoms with van der Waals surface area (Å²) in [5.41, 5.74) is 3.20. The molecule has 7 heteroatoms. The highest BCUT2D eigenvalue weighted by Gasteiger charge is 2.29. The van der Waals surface area contributed by atoms with Gasteiger partial charge in [0.2, 0.25) is 0 Å². The zero-order chi connectivity index (χ0) is 21.1. The Morgan fingerprint density at radius 2 is 1.97 bits per heavy atom. The van der Waals surface area contributed by atoms with Gasteiger partial charge in [-0.25, -0.2) is 0 Å². The molecular weight excluding hydrogens is 378 g/mol. The fourth-order valence-corrected chi connectivity index (χ4v) is 3.88. The van der Waals surface area contributed by atoms with Gasteiger partial charge in [0.15, 0.2) is 0 Å². The Morgan fingerprint density at radius 1 is 1.10 bits per heavy atom. The summed E-state index contributed by atoms with van der Waals surface area (Å²) in [4.78, 5) is 41.0. The number of pyridine rings is 2. The van der Waals surface area contributed by atoms with Crippen molar-refractivity contribution in [3.05, 3.63) is 87.6 Å². The van der Waals surface area contributed by atoms with Crippen LogP contribution in [-0.2, 0) is 13.0 Å². The molecule has 0 radical (unpaired) electrons. The first-order valence-electron chi connectivity index (χ1n) is 10.2. The maximum absolute atomic E-state index is 13.2. The van der Waals surface area contributed by atoms with Gasteiger partial charge in [0.05, 0.1) is 24.1 Å². The number of hydrogen-bond donors (Lipinski definition) is 0. The number of aromatic nitrogens is 4. The second-order valence-electron chi connectivity index (χ2n) is 7.89. The summed E-state index contributed by atoms with van der Waals surface area (Å²) in [6.45, 7) is 5.27. The first-order valence-corrected chi connectivity index (χ1v) is 10.2. The molecule has 0 saturated carbocycles. The van der Waals surface area contributed by atoms with Crippen LogP contribution in [0, 0.1) is 19.8 Å². The normalized spacial score (nSPS) is 16.1. The standard InChI is InChI=1S/C23H25N5O2/c1-16-6-9-28(15-20-13-25-17(2)12-26-20)23(30)21(16)22(29)27-10-7-18(14-27)11-19-5-3-4-8-24-19/h3-6,8-9,12-13,18H,7,10-11,14-15H2,1-2H3. The van der Waals surface area contributed by atoms with Crippen LogP contribution >= 0.6 is 0 Å². The molecule has 0 spiro atoms. The Bertz CT molecular complexity index is 1090. The van der Waals surface area contributed by atoms with Crippen molar-refractivity contribution in [2.24, 2.45) is 5.92 Å². The maximum atomic E-state index is 13.2. The van der Waals surface area contributed by atoms with Gasteiger partial charge in [-0.1, -0.05) is 6.07 Å². The van der Waals surface area contributed by atoms with Gasteiger partial charge in [-0.3, -0.25) is 24.5 Å². The van der Waals surface area contributed by atoms with E-state index in [1.165, 1.54) is 4.57 Å². The zero-order valence-corrected chi connectivity index (χ0v) is 17.3. The van der Waals surface area contributed by atoms with Gasteiger partial charge >= 0.3 is 0 Å². The van der Waals surface area contributed by atoms with Gasteiger partial charge in [-0.2, -0.15) is 0 Å². The summed E-state index contributed by atoms with van der Waals surface area (Å²) in [7, 11) is 0. The van der Waals surface area contributed by atoms with Crippen molar-refractivity contribution in [3.8, 4) is 0 Å². The van der Waals surface area contributed by atoms with Crippen molar-refractivity contribution in [2.75, 3.05) is 13.1 Å². The van der Waals surface area contributed by atoms with Crippen LogP contribution in [0.25, 0.3) is 0 Å². The summed E-state index contributed by atoms with van der Waals surface area (Å²) in [5.74, 6) is 0.170. The lowest BCUT2D eigenvalue weighted by atomic mass is 10.0. The van der Waals surface area contributed by atoms with Gasteiger partial charge in [-0.05, 0) is 56.4 Å². The minimum Gasteiger partial charge on any atom is -0.338 e. The molecule has 3 aromatic heterocycles. The third-order valence-electron chi connectivity index (χ3n) is 5.55. The fraction of sp³-hybridized carbons (Fsp3) is 0.348. The summed E-state index contributed by atoms with van der Waals surface area (Å²) in [5, 5.41) is 0. The van der Waals surface area contributed by atoms with Crippen LogP contribution in [0.5, 0.6) is 0 Å². The van der Waals surface area contributed by atoms with Crippen LogP contribution in [0.15, 0.2) is 53.8 Å². The van der Waals surface area contributed by atoms with E-state index in [1.807, 2.05) is 38.1 Å². The SMILES string of the molecule is Cc1cnc(Cn2ccc(C)c(C(=O)N3CCC(Cc4ccccn4)C3)c2=O)cn1. The Morgan fingerprint density at radius 3 is 2.70 bits per heavy atom. The molecule has 3 aromatic rings. The molecule has 4 heterocycles. The van der Waals surface area contributed by atoms with E-state index >= 15 is 0 Å². The highest BCUT2D eigenvalue weighted by atomic mass is 16.2. The van der Waals surface area contributed by atoms with Crippen molar-refractivity contribution in [3.63, 3.8) is 0 Å². The number of rotatable bonds is 5. The molecule has 0 N–H and O–H groups in total. The zero-order valence-electron chi connectivity index (χ0n) is 17.3. The number of likely N-dealkylation sites (tertiary alicyclic amines) is 1. The predicted molar refractivity (Wildman–Crippen MR) is 113 cm³/mol. The number of carbonyl (C=O) groups is 1. The summed E-state index contributed by atoms with van der Waals surface area (Å²) < 4.78 is 1.53. The van der Waals surface area contributed by atoms with Crippen LogP contribution in [0.4, 0.5) is 0 Å². The van der Waals surface area contributed by atoms with E-state index in [4.69, 9.17) is 0 Å². The largest absolute Gasteiger partial charge is 0.338 e. The molecule has 7 nitrogen and oxygen atoms in total. The van der Waals surface area contributed by atoms with E-state index in [9.17, 15) is 9.59 Å². The number of amides is 1. The second-order valence-corrected chi connectivity index (χ2v) is 7.89. The lowest BCUT2D eigenvalue weighted by Crippen LogP contribution is -2.36. The second kappa shape index (κ2) is 8.57. The van der Waals surface area contributed by atoms with Crippen molar-refractivity contribution < 1.29 is 4.79 Å². The highest BCUT2D eigenvalue weighted by molar-refractivity contribution is 5.95. The summed E-state index contributed by atoms with van der Waals surface area (Å²) >= 11 is 0. The molecule has 1 aliphatic rings. The van der Waals surface area contributed by atoms with Gasteiger partial charge in [0.25, 0.3) is 11.5 Å². The molecule has 1 unspecified atom stereocenters. The lowest BCUT2D eigenvalue weighted by molar-refractivity contribution is 0.0784. The fourth-order valence-electron chi connectivity index (χ4n) is 3.88. The van der Waals surface area contributed by atoms with Crippen LogP contribution < -0.4 is 5.56 Å². The number of nitrogens with zero attached hydrogens (tertiary/aromatic N) is 5. The molecule has 0 bridgehead atoms. The van der Waals surface area contributed by atoms with Crippen molar-refractivity contribution in [1.82, 2.24) is 24.4 Å². The molecule has 154 valence electrons. The smallest absolute Gasteiger partial charge is 0.264 e. The van der Waals surface area contributed by atoms with E-state index in [2.05, 4.69) is 15.0 Å². The number of carbonyl (C=O) groups excluding carboxylic acids is 1. The van der Waals surface area contributed by atoms with E-state index in [0.29, 0.717) is 30.3 Å². The van der Waals surface area contributed by atoms with Crippen LogP contribution in [-0.4, -0.2) is 43.4 Å². The van der Waals surface area contributed by atoms with Crippen LogP contribution in [0.3, 0.4) is 0 Å². The predicted octanol–water partition coefficient (Wildman–Crippen LogP) is 2.40. The Hall–Kier alpha value is -3.35. The highest BCUT2D eigenvalue weighted by Crippen LogP contribution is 2.22. The minimum atomic E-state index is -0.282. The van der Waals surface area contributed by atoms with Gasteiger partial charge in [-0.15, -0.1) is 0 Å². The molecule has 1 aliphatic heterocycles. The Labute approximate surface area is 175 Å². The molecule has 1 fully saturated rings. The average Bonchev–Trinajstić information content (AvgIpc) is 3.21. The minimum absolute atomic E-state index is 0.189. The monoisotopic (exact) mass is 403 g/mol. The van der Waals surface area contributed by atoms with E-state index < -0.39 is 0 Å². The van der Waals surface area contributed by atoms with E-state index in [-0.39, 0.29) is 23.6 Å². The molecule has 1 atom stereocenters. The number of aryl methyl sites for hydroxylation is 2. The third-order valence-corrected chi connectivity index (χ3v) is 5.55. The Balaban J connectivity index is 1.51. The Kier molecular flexibility index (Phi) is 5.70. The van der Waals surface area contributed by atoms with E-state index in [1.54, 1.807) is 29.7 Å². The van der Waals surface area contributed by atoms with Crippen molar-refractivity contribution in [1.29, 1.82) is 0 Å². The van der Waals surface area contributed by atoms with Crippen LogP contribution in [0.1, 0.15) is 39.4 Å². The van der Waals surface area contributed by atoms with Gasteiger partial charge in [0.1, 0.15) is 5.56 Å². The molecule has 0 aliphatic carbocycles. The van der Waals surface area contributed by atoms with E-state index in [0.717, 1.165) is 24.2 Å². The molecule has 4 rings (SSSR count). The quantitative estimate of drug-likeness (QED) is 0.653. The van der Waals surface area contributed by atoms with Gasteiger partial charge in [0, 0.05) is 37.4 Å². The van der Waals surface area contributed by atoms with Crippen molar-refractivity contribution >= 4 is 5.91 Å². The average molecular weight is 403 g/mol. The molecule has 1 amide bonds. The van der Waals surface area contributed by atoms with Crippen LogP contribution in [0.2, 0.25) is 0 Å². The first-order chi connectivity index (χ1) is 14.5. The molecule has 1 saturated heterocycles. The topological polar surface area (TPSA) is 81.0 Å². The number of hydrogen-bond acceptors (Lipinski definition) is 5. The first kappa shape index (κ1) is 19.9. The summed E-state index contributed by atoms with van der Waals surface area (Å²) in [6.07, 6.45) is 8.60. The summed E-state index contributed by atoms with van der Waals surface area (Å²) in [6, 6.07) is 7.71. The lowest BCUT2D eigenvalue weighted by Gasteiger charge is -2.18. The van der Waals surface area contributed by atoms with Gasteiger partial charge < -0.3 is 9.47 Å².